The van der Waals surface area contributed by atoms with Crippen LogP contribution in [0.1, 0.15) is 171 Å². The van der Waals surface area contributed by atoms with Crippen LogP contribution in [0.5, 0.6) is 0 Å². The van der Waals surface area contributed by atoms with Gasteiger partial charge in [-0.2, -0.15) is 0 Å². The standard InChI is InChI=1S/2C19H16.C19H32.C15H24.3C13H12/c1-15-18(16-9-4-2-5-10-16)13-8-14-19(15)17-11-6-3-7-12-17;1-15-12-13-18(16-8-4-2-5-9-16)14-19(15)17-10-6-3-7-11-17;1-13-15(18(5,6)7)11-14(17(2,3)4)12-16(13)19(8,9)10;1-11-8-12(14(2,3)4)10-13(9-11)15(5,6)7;1-11-7-5-6-10-13(11)12-8-3-2-4-9-12;1-11-6-5-9-13(10-11)12-7-3-2-4-8-12;1-11-7-9-13(10-8-11)12-5-3-2-4-6-12/h2*2-14H,1H3;11-12H,1-10H3;8-10H,1-7H3;3*2-10H,1H3. The SMILES string of the molecule is Cc1c(-c2ccccc2)cccc1-c1ccccc1.Cc1c(C(C)(C)C)cc(C(C)(C)C)cc1C(C)(C)C.Cc1cc(C(C)(C)C)cc(C(C)(C)C)c1.Cc1ccc(-c2ccccc2)cc1.Cc1ccc(-c2ccccc2)cc1-c1ccccc1.Cc1cccc(-c2ccccc2)c1.Cc1ccccc1-c1ccccc1. The molecule has 0 aliphatic heterocycles. The van der Waals surface area contributed by atoms with E-state index in [0.717, 1.165) is 0 Å². The molecule has 0 aliphatic carbocycles. The van der Waals surface area contributed by atoms with Crippen LogP contribution in [0.4, 0.5) is 0 Å². The third-order valence-electron chi connectivity index (χ3n) is 20.1. The van der Waals surface area contributed by atoms with Gasteiger partial charge in [-0.15, -0.1) is 0 Å². The molecule has 0 saturated heterocycles. The molecule has 0 aromatic heterocycles. The van der Waals surface area contributed by atoms with Crippen molar-refractivity contribution in [2.45, 2.75) is 179 Å². The third kappa shape index (κ3) is 26.1. The van der Waals surface area contributed by atoms with E-state index in [9.17, 15) is 0 Å². The van der Waals surface area contributed by atoms with Crippen molar-refractivity contribution in [2.24, 2.45) is 0 Å². The summed E-state index contributed by atoms with van der Waals surface area (Å²) < 4.78 is 0. The first-order chi connectivity index (χ1) is 52.6. The Labute approximate surface area is 671 Å². The van der Waals surface area contributed by atoms with E-state index in [1.54, 1.807) is 0 Å². The second-order valence-electron chi connectivity index (χ2n) is 34.7. The lowest BCUT2D eigenvalue weighted by atomic mass is 9.73. The van der Waals surface area contributed by atoms with Crippen LogP contribution in [0, 0.1) is 48.5 Å². The molecule has 0 fully saturated rings. The molecule has 0 bridgehead atoms. The Hall–Kier alpha value is -10.9. The zero-order valence-electron chi connectivity index (χ0n) is 71.0. The average Bonchev–Trinajstić information content (AvgIpc) is 0.782. The molecule has 0 amide bonds. The van der Waals surface area contributed by atoms with Gasteiger partial charge in [0, 0.05) is 0 Å². The Balaban J connectivity index is 0.000000164. The van der Waals surface area contributed by atoms with Crippen LogP contribution in [0.25, 0.3) is 77.9 Å². The normalized spacial score (nSPS) is 11.2. The fraction of sp³-hybridized carbons (Fsp3) is 0.243. The van der Waals surface area contributed by atoms with Crippen molar-refractivity contribution in [3.05, 3.63) is 419 Å². The Morgan fingerprint density at radius 1 is 0.153 bits per heavy atom. The molecular formula is C111H124. The second-order valence-corrected chi connectivity index (χ2v) is 34.7. The van der Waals surface area contributed by atoms with Crippen LogP contribution in [-0.4, -0.2) is 0 Å². The summed E-state index contributed by atoms with van der Waals surface area (Å²) in [5.41, 5.74) is 35.8. The predicted octanol–water partition coefficient (Wildman–Crippen LogP) is 32.1. The van der Waals surface area contributed by atoms with Crippen LogP contribution < -0.4 is 0 Å². The molecule has 14 aromatic rings. The monoisotopic (exact) mass is 1460 g/mol. The maximum absolute atomic E-state index is 2.42. The van der Waals surface area contributed by atoms with E-state index in [4.69, 9.17) is 0 Å². The van der Waals surface area contributed by atoms with E-state index in [-0.39, 0.29) is 27.1 Å². The smallest absolute Gasteiger partial charge is 0.0129 e. The van der Waals surface area contributed by atoms with Crippen molar-refractivity contribution >= 4 is 0 Å². The average molecular weight is 1460 g/mol. The molecule has 14 rings (SSSR count). The summed E-state index contributed by atoms with van der Waals surface area (Å²) in [6.45, 7) is 49.6. The van der Waals surface area contributed by atoms with Gasteiger partial charge in [0.15, 0.2) is 0 Å². The highest BCUT2D eigenvalue weighted by atomic mass is 14.3. The topological polar surface area (TPSA) is 0 Å². The summed E-state index contributed by atoms with van der Waals surface area (Å²) in [5, 5.41) is 0. The summed E-state index contributed by atoms with van der Waals surface area (Å²) in [6.07, 6.45) is 0. The summed E-state index contributed by atoms with van der Waals surface area (Å²) >= 11 is 0. The zero-order valence-corrected chi connectivity index (χ0v) is 71.0. The minimum Gasteiger partial charge on any atom is -0.0622 e. The molecule has 0 radical (unpaired) electrons. The molecule has 0 heterocycles. The van der Waals surface area contributed by atoms with E-state index in [0.29, 0.717) is 0 Å². The highest BCUT2D eigenvalue weighted by Crippen LogP contribution is 2.39. The van der Waals surface area contributed by atoms with Gasteiger partial charge in [-0.25, -0.2) is 0 Å². The molecule has 0 unspecified atom stereocenters. The van der Waals surface area contributed by atoms with Gasteiger partial charge in [0.05, 0.1) is 0 Å². The largest absolute Gasteiger partial charge is 0.0622 e. The van der Waals surface area contributed by atoms with E-state index in [1.165, 1.54) is 145 Å². The van der Waals surface area contributed by atoms with Gasteiger partial charge in [-0.3, -0.25) is 0 Å². The number of hydrogen-bond acceptors (Lipinski definition) is 0. The molecule has 568 valence electrons. The van der Waals surface area contributed by atoms with Crippen molar-refractivity contribution in [3.63, 3.8) is 0 Å². The molecule has 0 N–H and O–H groups in total. The van der Waals surface area contributed by atoms with Gasteiger partial charge in [0.2, 0.25) is 0 Å². The fourth-order valence-electron chi connectivity index (χ4n) is 13.6. The lowest BCUT2D eigenvalue weighted by Gasteiger charge is -2.32. The first-order valence-corrected chi connectivity index (χ1v) is 39.7. The predicted molar refractivity (Wildman–Crippen MR) is 490 cm³/mol. The Morgan fingerprint density at radius 3 is 0.802 bits per heavy atom. The third-order valence-corrected chi connectivity index (χ3v) is 20.1. The van der Waals surface area contributed by atoms with Gasteiger partial charge in [0.1, 0.15) is 0 Å². The maximum atomic E-state index is 2.42. The highest BCUT2D eigenvalue weighted by molar-refractivity contribution is 5.79. The molecule has 0 nitrogen and oxygen atoms in total. The minimum atomic E-state index is 0.200. The lowest BCUT2D eigenvalue weighted by molar-refractivity contribution is 0.542. The van der Waals surface area contributed by atoms with E-state index in [1.807, 2.05) is 18.2 Å². The van der Waals surface area contributed by atoms with E-state index >= 15 is 0 Å². The van der Waals surface area contributed by atoms with Crippen LogP contribution in [0.2, 0.25) is 0 Å². The molecule has 0 aliphatic rings. The van der Waals surface area contributed by atoms with Crippen molar-refractivity contribution in [1.82, 2.24) is 0 Å². The van der Waals surface area contributed by atoms with Crippen LogP contribution in [0.15, 0.2) is 352 Å². The number of aryl methyl sites for hydroxylation is 5. The van der Waals surface area contributed by atoms with Crippen molar-refractivity contribution in [3.8, 4) is 77.9 Å². The molecule has 14 aromatic carbocycles. The number of rotatable bonds is 7. The van der Waals surface area contributed by atoms with Crippen molar-refractivity contribution < 1.29 is 0 Å². The van der Waals surface area contributed by atoms with E-state index < -0.39 is 0 Å². The van der Waals surface area contributed by atoms with Crippen molar-refractivity contribution in [2.75, 3.05) is 0 Å². The van der Waals surface area contributed by atoms with Crippen LogP contribution >= 0.6 is 0 Å². The van der Waals surface area contributed by atoms with Crippen LogP contribution in [0.3, 0.4) is 0 Å². The van der Waals surface area contributed by atoms with Gasteiger partial charge in [-0.05, 0) is 210 Å². The molecule has 0 spiro atoms. The summed E-state index contributed by atoms with van der Waals surface area (Å²) in [4.78, 5) is 0. The fourth-order valence-corrected chi connectivity index (χ4v) is 13.6. The summed E-state index contributed by atoms with van der Waals surface area (Å²) in [5.74, 6) is 0. The van der Waals surface area contributed by atoms with Gasteiger partial charge < -0.3 is 0 Å². The van der Waals surface area contributed by atoms with E-state index in [2.05, 4.69) is 486 Å². The lowest BCUT2D eigenvalue weighted by Crippen LogP contribution is -2.23. The van der Waals surface area contributed by atoms with Gasteiger partial charge in [0.25, 0.3) is 0 Å². The molecule has 0 heteroatoms. The van der Waals surface area contributed by atoms with Crippen molar-refractivity contribution in [1.29, 1.82) is 0 Å². The molecule has 111 heavy (non-hydrogen) atoms. The Kier molecular flexibility index (Phi) is 30.6. The summed E-state index contributed by atoms with van der Waals surface area (Å²) in [7, 11) is 0. The highest BCUT2D eigenvalue weighted by Gasteiger charge is 2.27. The second kappa shape index (κ2) is 39.6. The molecular weight excluding hydrogens is 1330 g/mol. The Bertz CT molecular complexity index is 4930. The van der Waals surface area contributed by atoms with Gasteiger partial charge in [-0.1, -0.05) is 466 Å². The maximum Gasteiger partial charge on any atom is -0.0129 e. The zero-order chi connectivity index (χ0) is 80.5. The molecule has 0 atom stereocenters. The minimum absolute atomic E-state index is 0.200. The molecule has 0 saturated carbocycles. The van der Waals surface area contributed by atoms with Gasteiger partial charge >= 0.3 is 0 Å². The Morgan fingerprint density at radius 2 is 0.432 bits per heavy atom. The first-order valence-electron chi connectivity index (χ1n) is 39.7. The summed E-state index contributed by atoms with van der Waals surface area (Å²) in [6, 6.07) is 124. The van der Waals surface area contributed by atoms with Crippen LogP contribution in [-0.2, 0) is 27.1 Å². The first kappa shape index (κ1) is 85.7. The quantitative estimate of drug-likeness (QED) is 0.149. The number of benzene rings is 14. The number of hydrogen-bond donors (Lipinski definition) is 0.